The third kappa shape index (κ3) is 3.44. The Labute approximate surface area is 221 Å². The standard InChI is InChI=1S/C30H47N3O4/c1-25(2)21-8-11-30(7)23(28(21,5)10-9-22(25)32-36)20(34)16-18-19-17-27(4,31-24(35)33-37)14-12-26(19,3)13-15-29(18,30)6/h16,19,21,23,36-37H,8-15,17H2,1-7H3,(H2,31,33,35)/b32-22+/t19-,21-,23+,26+,27-,28-,29+,30+/m0/s1. The molecule has 0 aromatic carbocycles. The molecule has 2 amide bonds. The van der Waals surface area contributed by atoms with Crippen LogP contribution in [-0.4, -0.2) is 33.5 Å². The van der Waals surface area contributed by atoms with Gasteiger partial charge in [0.1, 0.15) is 0 Å². The largest absolute Gasteiger partial charge is 0.411 e. The molecule has 4 fully saturated rings. The smallest absolute Gasteiger partial charge is 0.338 e. The number of hydroxylamine groups is 1. The predicted molar refractivity (Wildman–Crippen MR) is 142 cm³/mol. The molecule has 7 heteroatoms. The third-order valence-electron chi connectivity index (χ3n) is 13.0. The first-order chi connectivity index (χ1) is 17.1. The van der Waals surface area contributed by atoms with Gasteiger partial charge in [-0.3, -0.25) is 10.0 Å². The Hall–Kier alpha value is -1.89. The maximum Gasteiger partial charge on any atom is 0.338 e. The van der Waals surface area contributed by atoms with Gasteiger partial charge in [0.25, 0.3) is 0 Å². The highest BCUT2D eigenvalue weighted by atomic mass is 16.5. The van der Waals surface area contributed by atoms with Gasteiger partial charge in [-0.05, 0) is 104 Å². The maximum absolute atomic E-state index is 14.3. The summed E-state index contributed by atoms with van der Waals surface area (Å²) in [5.41, 5.74) is 2.97. The number of urea groups is 1. The molecule has 5 aliphatic carbocycles. The minimum Gasteiger partial charge on any atom is -0.411 e. The number of hydrogen-bond donors (Lipinski definition) is 4. The molecule has 0 aromatic rings. The van der Waals surface area contributed by atoms with Gasteiger partial charge >= 0.3 is 6.03 Å². The van der Waals surface area contributed by atoms with Gasteiger partial charge in [0.05, 0.1) is 5.71 Å². The van der Waals surface area contributed by atoms with Crippen LogP contribution in [0.3, 0.4) is 0 Å². The molecule has 0 aromatic heterocycles. The zero-order chi connectivity index (χ0) is 27.2. The quantitative estimate of drug-likeness (QED) is 0.189. The van der Waals surface area contributed by atoms with E-state index in [1.165, 1.54) is 5.57 Å². The fraction of sp³-hybridized carbons (Fsp3) is 0.833. The molecule has 4 N–H and O–H groups in total. The maximum atomic E-state index is 14.3. The van der Waals surface area contributed by atoms with Gasteiger partial charge in [0.2, 0.25) is 0 Å². The third-order valence-corrected chi connectivity index (χ3v) is 13.0. The average molecular weight is 514 g/mol. The summed E-state index contributed by atoms with van der Waals surface area (Å²) in [6, 6.07) is -0.567. The summed E-state index contributed by atoms with van der Waals surface area (Å²) in [7, 11) is 0. The lowest BCUT2D eigenvalue weighted by Crippen LogP contribution is -2.66. The number of carbonyl (C=O) groups is 2. The highest BCUT2D eigenvalue weighted by Gasteiger charge is 2.70. The lowest BCUT2D eigenvalue weighted by atomic mass is 9.33. The first-order valence-electron chi connectivity index (χ1n) is 14.3. The van der Waals surface area contributed by atoms with E-state index in [1.807, 2.05) is 6.08 Å². The number of rotatable bonds is 1. The van der Waals surface area contributed by atoms with E-state index in [-0.39, 0.29) is 44.7 Å². The summed E-state index contributed by atoms with van der Waals surface area (Å²) in [6.45, 7) is 16.0. The fourth-order valence-electron chi connectivity index (χ4n) is 10.6. The number of hydrogen-bond acceptors (Lipinski definition) is 5. The number of carbonyl (C=O) groups excluding carboxylic acids is 2. The van der Waals surface area contributed by atoms with Gasteiger partial charge in [0.15, 0.2) is 5.78 Å². The summed E-state index contributed by atoms with van der Waals surface area (Å²) >= 11 is 0. The topological polar surface area (TPSA) is 111 Å². The van der Waals surface area contributed by atoms with Crippen LogP contribution in [0.1, 0.15) is 106 Å². The second kappa shape index (κ2) is 8.06. The zero-order valence-corrected chi connectivity index (χ0v) is 23.8. The van der Waals surface area contributed by atoms with Crippen LogP contribution in [0.2, 0.25) is 0 Å². The molecule has 0 saturated heterocycles. The molecule has 5 aliphatic rings. The van der Waals surface area contributed by atoms with Crippen LogP contribution in [0.25, 0.3) is 0 Å². The molecule has 0 bridgehead atoms. The number of fused-ring (bicyclic) bond motifs is 7. The molecule has 5 rings (SSSR count). The van der Waals surface area contributed by atoms with Crippen molar-refractivity contribution in [1.82, 2.24) is 10.8 Å². The van der Waals surface area contributed by atoms with E-state index in [9.17, 15) is 14.8 Å². The number of oxime groups is 1. The molecule has 37 heavy (non-hydrogen) atoms. The molecular weight excluding hydrogens is 466 g/mol. The average Bonchev–Trinajstić information content (AvgIpc) is 2.81. The van der Waals surface area contributed by atoms with Crippen molar-refractivity contribution in [3.63, 3.8) is 0 Å². The lowest BCUT2D eigenvalue weighted by molar-refractivity contribution is -0.174. The van der Waals surface area contributed by atoms with Crippen LogP contribution in [0.4, 0.5) is 4.79 Å². The van der Waals surface area contributed by atoms with Gasteiger partial charge in [-0.25, -0.2) is 10.3 Å². The van der Waals surface area contributed by atoms with Crippen LogP contribution < -0.4 is 10.8 Å². The summed E-state index contributed by atoms with van der Waals surface area (Å²) in [6.07, 6.45) is 10.5. The van der Waals surface area contributed by atoms with Crippen molar-refractivity contribution in [3.8, 4) is 0 Å². The molecule has 7 nitrogen and oxygen atoms in total. The monoisotopic (exact) mass is 513 g/mol. The van der Waals surface area contributed by atoms with Crippen molar-refractivity contribution in [3.05, 3.63) is 11.6 Å². The number of ketones is 1. The number of nitrogens with one attached hydrogen (secondary N) is 2. The Kier molecular flexibility index (Phi) is 5.82. The Morgan fingerprint density at radius 1 is 1.00 bits per heavy atom. The second-order valence-corrected chi connectivity index (χ2v) is 15.1. The predicted octanol–water partition coefficient (Wildman–Crippen LogP) is 6.24. The highest BCUT2D eigenvalue weighted by Crippen LogP contribution is 2.74. The number of amides is 2. The lowest BCUT2D eigenvalue weighted by Gasteiger charge is -2.70. The highest BCUT2D eigenvalue weighted by molar-refractivity contribution is 5.97. The van der Waals surface area contributed by atoms with Crippen LogP contribution in [-0.2, 0) is 4.79 Å². The van der Waals surface area contributed by atoms with Gasteiger partial charge in [-0.2, -0.15) is 0 Å². The second-order valence-electron chi connectivity index (χ2n) is 15.1. The van der Waals surface area contributed by atoms with Crippen LogP contribution >= 0.6 is 0 Å². The number of allylic oxidation sites excluding steroid dienone is 2. The molecule has 4 saturated carbocycles. The van der Waals surface area contributed by atoms with E-state index in [0.717, 1.165) is 63.5 Å². The first kappa shape index (κ1) is 26.7. The molecule has 8 atom stereocenters. The number of nitrogens with zero attached hydrogens (tertiary/aromatic N) is 1. The van der Waals surface area contributed by atoms with Crippen LogP contribution in [0, 0.1) is 44.8 Å². The molecule has 0 spiro atoms. The van der Waals surface area contributed by atoms with Crippen LogP contribution in [0.5, 0.6) is 0 Å². The summed E-state index contributed by atoms with van der Waals surface area (Å²) in [5, 5.41) is 25.6. The fourth-order valence-corrected chi connectivity index (χ4v) is 10.6. The van der Waals surface area contributed by atoms with Gasteiger partial charge < -0.3 is 10.5 Å². The molecule has 0 radical (unpaired) electrons. The van der Waals surface area contributed by atoms with E-state index in [0.29, 0.717) is 5.92 Å². The minimum absolute atomic E-state index is 0.0513. The van der Waals surface area contributed by atoms with Crippen molar-refractivity contribution in [2.45, 2.75) is 112 Å². The normalized spacial score (nSPS) is 49.6. The van der Waals surface area contributed by atoms with Gasteiger partial charge in [-0.15, -0.1) is 0 Å². The zero-order valence-electron chi connectivity index (χ0n) is 23.8. The van der Waals surface area contributed by atoms with Crippen LogP contribution in [0.15, 0.2) is 16.8 Å². The Morgan fingerprint density at radius 2 is 1.68 bits per heavy atom. The molecule has 0 heterocycles. The Bertz CT molecular complexity index is 1080. The van der Waals surface area contributed by atoms with E-state index in [4.69, 9.17) is 5.21 Å². The summed E-state index contributed by atoms with van der Waals surface area (Å²) < 4.78 is 0. The minimum atomic E-state index is -0.567. The van der Waals surface area contributed by atoms with E-state index < -0.39 is 11.6 Å². The Balaban J connectivity index is 1.58. The van der Waals surface area contributed by atoms with Crippen molar-refractivity contribution in [1.29, 1.82) is 0 Å². The molecular formula is C30H47N3O4. The molecule has 0 aliphatic heterocycles. The molecule has 0 unspecified atom stereocenters. The van der Waals surface area contributed by atoms with Crippen molar-refractivity contribution >= 4 is 17.5 Å². The van der Waals surface area contributed by atoms with Crippen molar-refractivity contribution in [2.75, 3.05) is 0 Å². The first-order valence-corrected chi connectivity index (χ1v) is 14.3. The van der Waals surface area contributed by atoms with Crippen molar-refractivity contribution in [2.24, 2.45) is 50.0 Å². The molecule has 206 valence electrons. The van der Waals surface area contributed by atoms with Gasteiger partial charge in [0, 0.05) is 16.9 Å². The van der Waals surface area contributed by atoms with E-state index in [1.54, 1.807) is 5.48 Å². The summed E-state index contributed by atoms with van der Waals surface area (Å²) in [5.74, 6) is 0.741. The van der Waals surface area contributed by atoms with Gasteiger partial charge in [-0.1, -0.05) is 52.3 Å². The van der Waals surface area contributed by atoms with E-state index in [2.05, 4.69) is 58.9 Å². The van der Waals surface area contributed by atoms with Crippen molar-refractivity contribution < 1.29 is 20.0 Å². The Morgan fingerprint density at radius 3 is 2.32 bits per heavy atom. The van der Waals surface area contributed by atoms with E-state index >= 15 is 0 Å². The SMILES string of the molecule is CC1(C)/C(=N/O)CC[C@]2(C)[C@H]3C(=O)C=C4[C@@H]5C[C@@](C)(NC(=O)NO)CC[C@]5(C)CC[C@@]4(C)[C@]3(C)CC[C@@H]12. The summed E-state index contributed by atoms with van der Waals surface area (Å²) in [4.78, 5) is 26.4.